The lowest BCUT2D eigenvalue weighted by Gasteiger charge is -2.48. The van der Waals surface area contributed by atoms with Crippen LogP contribution in [0.25, 0.3) is 0 Å². The van der Waals surface area contributed by atoms with Gasteiger partial charge in [0.15, 0.2) is 0 Å². The molecule has 3 aromatic rings. The van der Waals surface area contributed by atoms with Gasteiger partial charge in [0.05, 0.1) is 6.04 Å². The highest BCUT2D eigenvalue weighted by Crippen LogP contribution is 2.45. The van der Waals surface area contributed by atoms with E-state index in [1.54, 1.807) is 0 Å². The van der Waals surface area contributed by atoms with Crippen molar-refractivity contribution in [1.29, 1.82) is 0 Å². The molecule has 4 rings (SSSR count). The number of halogens is 3. The number of ether oxygens (including phenoxy) is 1. The molecule has 184 valence electrons. The van der Waals surface area contributed by atoms with Gasteiger partial charge in [-0.25, -0.2) is 0 Å². The summed E-state index contributed by atoms with van der Waals surface area (Å²) in [5, 5.41) is 1.34. The summed E-state index contributed by atoms with van der Waals surface area (Å²) in [4.78, 5) is 16.2. The van der Waals surface area contributed by atoms with Gasteiger partial charge < -0.3 is 9.64 Å². The van der Waals surface area contributed by atoms with Crippen molar-refractivity contribution in [3.05, 3.63) is 103 Å². The summed E-state index contributed by atoms with van der Waals surface area (Å²) in [5.74, 6) is 0.0500. The van der Waals surface area contributed by atoms with E-state index in [0.29, 0.717) is 16.5 Å². The highest BCUT2D eigenvalue weighted by molar-refractivity contribution is 14.1. The van der Waals surface area contributed by atoms with E-state index in [1.807, 2.05) is 48.5 Å². The third-order valence-corrected chi connectivity index (χ3v) is 7.88. The quantitative estimate of drug-likeness (QED) is 0.236. The van der Waals surface area contributed by atoms with E-state index in [4.69, 9.17) is 27.9 Å². The molecule has 1 fully saturated rings. The summed E-state index contributed by atoms with van der Waals surface area (Å²) >= 11 is 14.7. The molecule has 1 saturated heterocycles. The summed E-state index contributed by atoms with van der Waals surface area (Å²) in [6.45, 7) is 4.33. The van der Waals surface area contributed by atoms with Crippen LogP contribution < -0.4 is 0 Å². The minimum absolute atomic E-state index is 0.0500. The highest BCUT2D eigenvalue weighted by Gasteiger charge is 2.46. The van der Waals surface area contributed by atoms with Crippen LogP contribution in [0, 0.1) is 3.57 Å². The molecule has 1 aliphatic rings. The molecule has 6 heteroatoms. The second-order valence-electron chi connectivity index (χ2n) is 9.02. The molecule has 0 spiro atoms. The van der Waals surface area contributed by atoms with Crippen LogP contribution in [0.3, 0.4) is 0 Å². The van der Waals surface area contributed by atoms with Crippen molar-refractivity contribution < 1.29 is 9.53 Å². The van der Waals surface area contributed by atoms with Gasteiger partial charge >= 0.3 is 0 Å². The zero-order chi connectivity index (χ0) is 24.9. The summed E-state index contributed by atoms with van der Waals surface area (Å²) in [6.07, 6.45) is 2.47. The van der Waals surface area contributed by atoms with Gasteiger partial charge in [-0.3, -0.25) is 4.79 Å². The molecule has 0 unspecified atom stereocenters. The summed E-state index contributed by atoms with van der Waals surface area (Å²) in [7, 11) is 0. The fourth-order valence-electron chi connectivity index (χ4n) is 4.92. The molecule has 4 atom stereocenters. The average Bonchev–Trinajstić information content (AvgIpc) is 2.86. The number of rotatable bonds is 8. The van der Waals surface area contributed by atoms with Crippen molar-refractivity contribution in [2.45, 2.75) is 63.8 Å². The van der Waals surface area contributed by atoms with Gasteiger partial charge in [0.2, 0.25) is 0 Å². The molecule has 0 saturated carbocycles. The first-order valence-electron chi connectivity index (χ1n) is 12.1. The molecule has 1 heterocycles. The highest BCUT2D eigenvalue weighted by atomic mass is 127. The van der Waals surface area contributed by atoms with Gasteiger partial charge in [-0.05, 0) is 88.5 Å². The maximum absolute atomic E-state index is 14.1. The topological polar surface area (TPSA) is 29.5 Å². The lowest BCUT2D eigenvalue weighted by atomic mass is 9.88. The Bertz CT molecular complexity index is 1120. The SMILES string of the molecule is CCC[C@H](CC)N1C(=O)[C@H](Cc2ccc(I)cc2)O[C@@H](c2ccc(Cl)cc2)[C@H]1c1ccc(Cl)cc1. The average molecular weight is 622 g/mol. The maximum Gasteiger partial charge on any atom is 0.252 e. The number of hydrogen-bond donors (Lipinski definition) is 0. The predicted octanol–water partition coefficient (Wildman–Crippen LogP) is 8.43. The van der Waals surface area contributed by atoms with Crippen molar-refractivity contribution in [2.75, 3.05) is 0 Å². The summed E-state index contributed by atoms with van der Waals surface area (Å²) in [5.41, 5.74) is 3.11. The van der Waals surface area contributed by atoms with Gasteiger partial charge in [0.1, 0.15) is 12.2 Å². The Kier molecular flexibility index (Phi) is 9.14. The van der Waals surface area contributed by atoms with Gasteiger partial charge in [-0.1, -0.05) is 79.9 Å². The molecule has 0 aromatic heterocycles. The molecule has 0 N–H and O–H groups in total. The van der Waals surface area contributed by atoms with Crippen LogP contribution in [-0.4, -0.2) is 23.0 Å². The van der Waals surface area contributed by atoms with Crippen LogP contribution in [0.15, 0.2) is 72.8 Å². The van der Waals surface area contributed by atoms with Crippen molar-refractivity contribution in [2.24, 2.45) is 0 Å². The first-order valence-corrected chi connectivity index (χ1v) is 14.0. The fraction of sp³-hybridized carbons (Fsp3) is 0.345. The maximum atomic E-state index is 14.1. The summed E-state index contributed by atoms with van der Waals surface area (Å²) < 4.78 is 7.86. The van der Waals surface area contributed by atoms with Crippen LogP contribution in [0.4, 0.5) is 0 Å². The van der Waals surface area contributed by atoms with Gasteiger partial charge in [-0.2, -0.15) is 0 Å². The van der Waals surface area contributed by atoms with E-state index in [0.717, 1.165) is 36.0 Å². The number of benzene rings is 3. The van der Waals surface area contributed by atoms with E-state index in [-0.39, 0.29) is 24.1 Å². The zero-order valence-electron chi connectivity index (χ0n) is 20.0. The van der Waals surface area contributed by atoms with Gasteiger partial charge in [0, 0.05) is 26.1 Å². The van der Waals surface area contributed by atoms with E-state index < -0.39 is 6.10 Å². The third kappa shape index (κ3) is 6.22. The third-order valence-electron chi connectivity index (χ3n) is 6.66. The Labute approximate surface area is 231 Å². The molecule has 0 bridgehead atoms. The lowest BCUT2D eigenvalue weighted by Crippen LogP contribution is -2.55. The largest absolute Gasteiger partial charge is 0.358 e. The Morgan fingerprint density at radius 3 is 2.00 bits per heavy atom. The van der Waals surface area contributed by atoms with Crippen molar-refractivity contribution >= 4 is 51.7 Å². The molecular formula is C29H30Cl2INO2. The second kappa shape index (κ2) is 12.1. The molecule has 1 aliphatic heterocycles. The number of morpholine rings is 1. The Hall–Kier alpha value is -1.60. The van der Waals surface area contributed by atoms with E-state index in [9.17, 15) is 4.79 Å². The minimum atomic E-state index is -0.565. The normalized spacial score (nSPS) is 21.2. The number of hydrogen-bond acceptors (Lipinski definition) is 2. The molecule has 0 aliphatic carbocycles. The first kappa shape index (κ1) is 26.5. The van der Waals surface area contributed by atoms with Crippen molar-refractivity contribution in [3.63, 3.8) is 0 Å². The molecule has 3 aromatic carbocycles. The minimum Gasteiger partial charge on any atom is -0.358 e. The van der Waals surface area contributed by atoms with Crippen LogP contribution in [-0.2, 0) is 16.0 Å². The monoisotopic (exact) mass is 621 g/mol. The van der Waals surface area contributed by atoms with Crippen LogP contribution >= 0.6 is 45.8 Å². The lowest BCUT2D eigenvalue weighted by molar-refractivity contribution is -0.179. The Balaban J connectivity index is 1.81. The van der Waals surface area contributed by atoms with E-state index in [1.165, 1.54) is 3.57 Å². The second-order valence-corrected chi connectivity index (χ2v) is 11.1. The van der Waals surface area contributed by atoms with E-state index in [2.05, 4.69) is 65.6 Å². The van der Waals surface area contributed by atoms with Crippen molar-refractivity contribution in [1.82, 2.24) is 4.90 Å². The number of amides is 1. The number of carbonyl (C=O) groups excluding carboxylic acids is 1. The number of nitrogens with zero attached hydrogens (tertiary/aromatic N) is 1. The Morgan fingerprint density at radius 1 is 0.886 bits per heavy atom. The zero-order valence-corrected chi connectivity index (χ0v) is 23.6. The molecule has 3 nitrogen and oxygen atoms in total. The first-order chi connectivity index (χ1) is 16.9. The van der Waals surface area contributed by atoms with Gasteiger partial charge in [-0.15, -0.1) is 0 Å². The van der Waals surface area contributed by atoms with Crippen molar-refractivity contribution in [3.8, 4) is 0 Å². The molecule has 1 amide bonds. The van der Waals surface area contributed by atoms with Crippen LogP contribution in [0.1, 0.15) is 61.9 Å². The van der Waals surface area contributed by atoms with Gasteiger partial charge in [0.25, 0.3) is 5.91 Å². The molecular weight excluding hydrogens is 592 g/mol. The fourth-order valence-corrected chi connectivity index (χ4v) is 5.53. The molecule has 0 radical (unpaired) electrons. The number of carbonyl (C=O) groups is 1. The van der Waals surface area contributed by atoms with E-state index >= 15 is 0 Å². The Morgan fingerprint density at radius 2 is 1.46 bits per heavy atom. The van der Waals surface area contributed by atoms with Crippen LogP contribution in [0.5, 0.6) is 0 Å². The standard InChI is InChI=1S/C29H30Cl2INO2/c1-3-5-25(4-2)33-27(20-8-12-22(30)13-9-20)28(21-10-14-23(31)15-11-21)35-26(29(33)34)18-19-6-16-24(32)17-7-19/h6-17,25-28H,3-5,18H2,1-2H3/t25-,26-,27+,28-/m0/s1. The molecule has 35 heavy (non-hydrogen) atoms. The predicted molar refractivity (Wildman–Crippen MR) is 152 cm³/mol. The summed E-state index contributed by atoms with van der Waals surface area (Å²) in [6, 6.07) is 23.7. The smallest absolute Gasteiger partial charge is 0.252 e. The van der Waals surface area contributed by atoms with Crippen LogP contribution in [0.2, 0.25) is 10.0 Å².